The molecule has 2 rings (SSSR count). The number of hydrogen-bond acceptors (Lipinski definition) is 5. The Kier molecular flexibility index (Phi) is 8.48. The van der Waals surface area contributed by atoms with Gasteiger partial charge in [0.15, 0.2) is 0 Å². The highest BCUT2D eigenvalue weighted by Crippen LogP contribution is 2.26. The van der Waals surface area contributed by atoms with Gasteiger partial charge in [-0.2, -0.15) is 0 Å². The Morgan fingerprint density at radius 3 is 2.52 bits per heavy atom. The molecule has 0 aliphatic heterocycles. The first-order valence-corrected chi connectivity index (χ1v) is 11.1. The number of benzene rings is 1. The molecule has 0 saturated heterocycles. The molecule has 0 fully saturated rings. The van der Waals surface area contributed by atoms with Crippen LogP contribution in [0, 0.1) is 11.8 Å². The number of imidazole rings is 1. The Morgan fingerprint density at radius 1 is 1.23 bits per heavy atom. The van der Waals surface area contributed by atoms with Crippen LogP contribution in [0.15, 0.2) is 18.2 Å². The number of rotatable bonds is 10. The number of hydrogen-bond donors (Lipinski definition) is 2. The number of carbonyl (C=O) groups excluding carboxylic acids is 2. The number of aromatic nitrogens is 2. The first kappa shape index (κ1) is 24.7. The molecule has 7 nitrogen and oxygen atoms in total. The Bertz CT molecular complexity index is 883. The smallest absolute Gasteiger partial charge is 0.307 e. The molecule has 1 amide bonds. The number of fused-ring (bicyclic) bond motifs is 1. The standard InChI is InChI=1S/C24H37N3O4/c1-8-9-10-16(13-20(28)31-24(4,5)6)23(29)27-21(15(2)3)22-25-18-12-11-17(30-7)14-19(18)26-22/h11-12,14-16,21H,8-10,13H2,1-7H3,(H,25,26)(H,27,29)/t16-,21+/m1/s1. The van der Waals surface area contributed by atoms with E-state index in [4.69, 9.17) is 9.47 Å². The average molecular weight is 432 g/mol. The zero-order chi connectivity index (χ0) is 23.2. The van der Waals surface area contributed by atoms with Gasteiger partial charge in [-0.1, -0.05) is 33.6 Å². The fourth-order valence-electron chi connectivity index (χ4n) is 3.47. The van der Waals surface area contributed by atoms with Crippen LogP contribution in [0.25, 0.3) is 11.0 Å². The summed E-state index contributed by atoms with van der Waals surface area (Å²) < 4.78 is 10.7. The number of aromatic amines is 1. The third-order valence-corrected chi connectivity index (χ3v) is 5.08. The highest BCUT2D eigenvalue weighted by Gasteiger charge is 2.29. The Hall–Kier alpha value is -2.57. The number of amides is 1. The van der Waals surface area contributed by atoms with E-state index >= 15 is 0 Å². The molecule has 0 radical (unpaired) electrons. The van der Waals surface area contributed by atoms with Crippen molar-refractivity contribution in [3.8, 4) is 5.75 Å². The lowest BCUT2D eigenvalue weighted by atomic mass is 9.95. The topological polar surface area (TPSA) is 93.3 Å². The Labute approximate surface area is 185 Å². The number of ether oxygens (including phenoxy) is 2. The molecule has 1 aromatic carbocycles. The summed E-state index contributed by atoms with van der Waals surface area (Å²) in [5.74, 6) is 0.625. The summed E-state index contributed by atoms with van der Waals surface area (Å²) in [6.45, 7) is 11.6. The van der Waals surface area contributed by atoms with E-state index in [0.29, 0.717) is 12.2 Å². The number of H-pyrrole nitrogens is 1. The van der Waals surface area contributed by atoms with Gasteiger partial charge in [-0.05, 0) is 45.2 Å². The van der Waals surface area contributed by atoms with Gasteiger partial charge in [0.25, 0.3) is 0 Å². The van der Waals surface area contributed by atoms with Gasteiger partial charge in [-0.15, -0.1) is 0 Å². The predicted octanol–water partition coefficient (Wildman–Crippen LogP) is 4.92. The molecule has 0 unspecified atom stereocenters. The van der Waals surface area contributed by atoms with Crippen molar-refractivity contribution in [2.45, 2.75) is 78.9 Å². The van der Waals surface area contributed by atoms with Gasteiger partial charge in [-0.25, -0.2) is 4.98 Å². The molecule has 2 aromatic rings. The zero-order valence-electron chi connectivity index (χ0n) is 19.9. The normalized spacial score (nSPS) is 13.8. The van der Waals surface area contributed by atoms with Crippen molar-refractivity contribution in [1.29, 1.82) is 0 Å². The molecule has 7 heteroatoms. The first-order valence-electron chi connectivity index (χ1n) is 11.1. The van der Waals surface area contributed by atoms with Crippen LogP contribution < -0.4 is 10.1 Å². The maximum Gasteiger partial charge on any atom is 0.307 e. The van der Waals surface area contributed by atoms with Crippen LogP contribution in [0.2, 0.25) is 0 Å². The largest absolute Gasteiger partial charge is 0.497 e. The SMILES string of the molecule is CCCC[C@H](CC(=O)OC(C)(C)C)C(=O)N[C@H](c1nc2ccc(OC)cc2[nH]1)C(C)C. The van der Waals surface area contributed by atoms with Crippen molar-refractivity contribution >= 4 is 22.9 Å². The molecule has 1 aromatic heterocycles. The molecule has 0 aliphatic carbocycles. The van der Waals surface area contributed by atoms with Crippen molar-refractivity contribution < 1.29 is 19.1 Å². The summed E-state index contributed by atoms with van der Waals surface area (Å²) in [4.78, 5) is 33.5. The third-order valence-electron chi connectivity index (χ3n) is 5.08. The number of nitrogens with one attached hydrogen (secondary N) is 2. The lowest BCUT2D eigenvalue weighted by Crippen LogP contribution is -2.38. The van der Waals surface area contributed by atoms with Crippen molar-refractivity contribution in [3.63, 3.8) is 0 Å². The van der Waals surface area contributed by atoms with Crippen LogP contribution in [-0.2, 0) is 14.3 Å². The van der Waals surface area contributed by atoms with Crippen molar-refractivity contribution in [3.05, 3.63) is 24.0 Å². The van der Waals surface area contributed by atoms with E-state index in [0.717, 1.165) is 29.6 Å². The van der Waals surface area contributed by atoms with Crippen molar-refractivity contribution in [2.24, 2.45) is 11.8 Å². The van der Waals surface area contributed by atoms with E-state index in [2.05, 4.69) is 22.2 Å². The molecule has 0 saturated carbocycles. The molecule has 1 heterocycles. The van der Waals surface area contributed by atoms with Gasteiger partial charge in [0.2, 0.25) is 5.91 Å². The van der Waals surface area contributed by atoms with Crippen molar-refractivity contribution in [2.75, 3.05) is 7.11 Å². The fourth-order valence-corrected chi connectivity index (χ4v) is 3.47. The number of carbonyl (C=O) groups is 2. The highest BCUT2D eigenvalue weighted by atomic mass is 16.6. The van der Waals surface area contributed by atoms with Crippen LogP contribution in [0.1, 0.15) is 79.1 Å². The average Bonchev–Trinajstić information content (AvgIpc) is 3.09. The third kappa shape index (κ3) is 7.26. The van der Waals surface area contributed by atoms with E-state index in [1.807, 2.05) is 52.8 Å². The highest BCUT2D eigenvalue weighted by molar-refractivity contribution is 5.84. The minimum absolute atomic E-state index is 0.0747. The summed E-state index contributed by atoms with van der Waals surface area (Å²) in [6.07, 6.45) is 2.55. The van der Waals surface area contributed by atoms with Gasteiger partial charge in [0.1, 0.15) is 17.2 Å². The second-order valence-electron chi connectivity index (χ2n) is 9.37. The first-order chi connectivity index (χ1) is 14.5. The predicted molar refractivity (Wildman–Crippen MR) is 122 cm³/mol. The van der Waals surface area contributed by atoms with Gasteiger partial charge in [0.05, 0.1) is 30.6 Å². The number of nitrogens with zero attached hydrogens (tertiary/aromatic N) is 1. The van der Waals surface area contributed by atoms with E-state index in [1.54, 1.807) is 7.11 Å². The number of unbranched alkanes of at least 4 members (excludes halogenated alkanes) is 1. The lowest BCUT2D eigenvalue weighted by molar-refractivity contribution is -0.157. The lowest BCUT2D eigenvalue weighted by Gasteiger charge is -2.25. The molecule has 31 heavy (non-hydrogen) atoms. The maximum absolute atomic E-state index is 13.2. The van der Waals surface area contributed by atoms with Gasteiger partial charge in [-0.3, -0.25) is 9.59 Å². The molecule has 0 aliphatic rings. The summed E-state index contributed by atoms with van der Waals surface area (Å²) in [7, 11) is 1.62. The summed E-state index contributed by atoms with van der Waals surface area (Å²) in [5, 5.41) is 3.13. The molecule has 2 N–H and O–H groups in total. The van der Waals surface area contributed by atoms with Gasteiger partial charge >= 0.3 is 5.97 Å². The Morgan fingerprint density at radius 2 is 1.94 bits per heavy atom. The van der Waals surface area contributed by atoms with E-state index < -0.39 is 11.5 Å². The van der Waals surface area contributed by atoms with Crippen molar-refractivity contribution in [1.82, 2.24) is 15.3 Å². The van der Waals surface area contributed by atoms with Crippen LogP contribution in [0.3, 0.4) is 0 Å². The van der Waals surface area contributed by atoms with Crippen LogP contribution in [0.4, 0.5) is 0 Å². The number of methoxy groups -OCH3 is 1. The minimum Gasteiger partial charge on any atom is -0.497 e. The zero-order valence-corrected chi connectivity index (χ0v) is 19.9. The van der Waals surface area contributed by atoms with E-state index in [9.17, 15) is 9.59 Å². The fraction of sp³-hybridized carbons (Fsp3) is 0.625. The number of esters is 1. The second kappa shape index (κ2) is 10.6. The molecular weight excluding hydrogens is 394 g/mol. The molecule has 2 atom stereocenters. The second-order valence-corrected chi connectivity index (χ2v) is 9.37. The van der Waals surface area contributed by atoms with Crippen LogP contribution in [0.5, 0.6) is 5.75 Å². The monoisotopic (exact) mass is 431 g/mol. The van der Waals surface area contributed by atoms with Gasteiger partial charge in [0, 0.05) is 12.0 Å². The summed E-state index contributed by atoms with van der Waals surface area (Å²) >= 11 is 0. The van der Waals surface area contributed by atoms with Crippen LogP contribution in [-0.4, -0.2) is 34.6 Å². The molecule has 172 valence electrons. The molecule has 0 bridgehead atoms. The maximum atomic E-state index is 13.2. The minimum atomic E-state index is -0.571. The van der Waals surface area contributed by atoms with E-state index in [-0.39, 0.29) is 30.3 Å². The van der Waals surface area contributed by atoms with Crippen LogP contribution >= 0.6 is 0 Å². The molecular formula is C24H37N3O4. The quantitative estimate of drug-likeness (QED) is 0.521. The molecule has 0 spiro atoms. The van der Waals surface area contributed by atoms with E-state index in [1.165, 1.54) is 0 Å². The summed E-state index contributed by atoms with van der Waals surface area (Å²) in [5.41, 5.74) is 1.09. The van der Waals surface area contributed by atoms with Gasteiger partial charge < -0.3 is 19.8 Å². The summed E-state index contributed by atoms with van der Waals surface area (Å²) in [6, 6.07) is 5.34. The Balaban J connectivity index is 2.20.